The summed E-state index contributed by atoms with van der Waals surface area (Å²) in [7, 11) is 0. The molecule has 2 aromatic rings. The van der Waals surface area contributed by atoms with Crippen LogP contribution in [0.2, 0.25) is 0 Å². The van der Waals surface area contributed by atoms with Crippen molar-refractivity contribution in [3.05, 3.63) is 69.7 Å². The van der Waals surface area contributed by atoms with Crippen molar-refractivity contribution in [3.63, 3.8) is 0 Å². The van der Waals surface area contributed by atoms with E-state index in [1.165, 1.54) is 31.5 Å². The van der Waals surface area contributed by atoms with E-state index >= 15 is 0 Å². The number of benzene rings is 2. The summed E-state index contributed by atoms with van der Waals surface area (Å²) >= 11 is 3.40. The van der Waals surface area contributed by atoms with Crippen LogP contribution in [-0.4, -0.2) is 19.0 Å². The van der Waals surface area contributed by atoms with Crippen molar-refractivity contribution in [2.24, 2.45) is 0 Å². The zero-order valence-corrected chi connectivity index (χ0v) is 15.4. The normalized spacial score (nSPS) is 14.7. The summed E-state index contributed by atoms with van der Waals surface area (Å²) in [5, 5.41) is 3.00. The largest absolute Gasteiger partial charge is 0.352 e. The van der Waals surface area contributed by atoms with E-state index in [2.05, 4.69) is 45.5 Å². The molecule has 0 atom stereocenters. The lowest BCUT2D eigenvalue weighted by Crippen LogP contribution is -3.08. The first kappa shape index (κ1) is 17.2. The molecule has 1 fully saturated rings. The van der Waals surface area contributed by atoms with Crippen molar-refractivity contribution >= 4 is 21.8 Å². The van der Waals surface area contributed by atoms with Crippen molar-refractivity contribution in [2.75, 3.05) is 13.1 Å². The fourth-order valence-electron chi connectivity index (χ4n) is 3.17. The Morgan fingerprint density at radius 2 is 1.50 bits per heavy atom. The van der Waals surface area contributed by atoms with E-state index in [1.807, 2.05) is 24.3 Å². The molecule has 1 saturated heterocycles. The summed E-state index contributed by atoms with van der Waals surface area (Å²) in [6, 6.07) is 16.5. The van der Waals surface area contributed by atoms with E-state index in [0.717, 1.165) is 22.1 Å². The number of carbonyl (C=O) groups excluding carboxylic acids is 1. The predicted molar refractivity (Wildman–Crippen MR) is 99.8 cm³/mol. The fraction of sp³-hybridized carbons (Fsp3) is 0.350. The number of rotatable bonds is 6. The molecule has 4 heteroatoms. The van der Waals surface area contributed by atoms with E-state index in [9.17, 15) is 4.79 Å². The quantitative estimate of drug-likeness (QED) is 0.784. The fourth-order valence-corrected chi connectivity index (χ4v) is 3.43. The van der Waals surface area contributed by atoms with Gasteiger partial charge in [-0.2, -0.15) is 0 Å². The molecular formula is C20H24BrN2O+. The molecule has 2 aromatic carbocycles. The summed E-state index contributed by atoms with van der Waals surface area (Å²) in [4.78, 5) is 13.7. The average Bonchev–Trinajstić information content (AvgIpc) is 3.09. The maximum Gasteiger partial charge on any atom is 0.224 e. The minimum absolute atomic E-state index is 0.0583. The van der Waals surface area contributed by atoms with Crippen molar-refractivity contribution in [3.8, 4) is 0 Å². The molecule has 1 aliphatic rings. The minimum atomic E-state index is 0.0583. The molecule has 0 bridgehead atoms. The van der Waals surface area contributed by atoms with Gasteiger partial charge >= 0.3 is 0 Å². The standard InChI is InChI=1S/C20H23BrN2O/c21-19-9-7-16(8-10-19)13-20(24)22-14-17-3-5-18(6-4-17)15-23-11-1-2-12-23/h3-10H,1-2,11-15H2,(H,22,24)/p+1. The molecule has 0 spiro atoms. The van der Waals surface area contributed by atoms with Crippen LogP contribution in [0.4, 0.5) is 0 Å². The number of amides is 1. The van der Waals surface area contributed by atoms with Gasteiger partial charge in [-0.25, -0.2) is 0 Å². The molecule has 0 unspecified atom stereocenters. The molecule has 24 heavy (non-hydrogen) atoms. The average molecular weight is 388 g/mol. The number of carbonyl (C=O) groups is 1. The van der Waals surface area contributed by atoms with Crippen LogP contribution in [0.3, 0.4) is 0 Å². The van der Waals surface area contributed by atoms with Gasteiger partial charge in [-0.15, -0.1) is 0 Å². The number of nitrogens with one attached hydrogen (secondary N) is 2. The Morgan fingerprint density at radius 3 is 2.17 bits per heavy atom. The monoisotopic (exact) mass is 387 g/mol. The highest BCUT2D eigenvalue weighted by atomic mass is 79.9. The third-order valence-corrected chi connectivity index (χ3v) is 5.08. The second-order valence-corrected chi connectivity index (χ2v) is 7.45. The Kier molecular flexibility index (Phi) is 6.05. The highest BCUT2D eigenvalue weighted by Crippen LogP contribution is 2.11. The number of quaternary nitrogens is 1. The lowest BCUT2D eigenvalue weighted by Gasteiger charge is -2.12. The van der Waals surface area contributed by atoms with Crippen molar-refractivity contribution in [1.29, 1.82) is 0 Å². The number of halogens is 1. The molecule has 126 valence electrons. The Bertz CT molecular complexity index is 661. The lowest BCUT2D eigenvalue weighted by atomic mass is 10.1. The van der Waals surface area contributed by atoms with Crippen molar-refractivity contribution in [2.45, 2.75) is 32.4 Å². The van der Waals surface area contributed by atoms with Crippen molar-refractivity contribution in [1.82, 2.24) is 5.32 Å². The van der Waals surface area contributed by atoms with Gasteiger partial charge in [0.05, 0.1) is 19.5 Å². The van der Waals surface area contributed by atoms with Gasteiger partial charge in [0.15, 0.2) is 0 Å². The highest BCUT2D eigenvalue weighted by molar-refractivity contribution is 9.10. The Hall–Kier alpha value is -1.65. The second-order valence-electron chi connectivity index (χ2n) is 6.53. The predicted octanol–water partition coefficient (Wildman–Crippen LogP) is 2.49. The van der Waals surface area contributed by atoms with E-state index in [1.54, 1.807) is 4.90 Å². The summed E-state index contributed by atoms with van der Waals surface area (Å²) in [6.45, 7) is 4.31. The van der Waals surface area contributed by atoms with Crippen LogP contribution in [-0.2, 0) is 24.3 Å². The Balaban J connectivity index is 1.45. The molecule has 0 aromatic heterocycles. The molecule has 0 aliphatic carbocycles. The summed E-state index contributed by atoms with van der Waals surface area (Å²) in [5.41, 5.74) is 3.57. The molecule has 1 heterocycles. The summed E-state index contributed by atoms with van der Waals surface area (Å²) < 4.78 is 1.03. The van der Waals surface area contributed by atoms with Gasteiger partial charge in [0.2, 0.25) is 5.91 Å². The first-order chi connectivity index (χ1) is 11.7. The zero-order valence-electron chi connectivity index (χ0n) is 13.9. The van der Waals surface area contributed by atoms with Crippen LogP contribution < -0.4 is 10.2 Å². The highest BCUT2D eigenvalue weighted by Gasteiger charge is 2.15. The van der Waals surface area contributed by atoms with Crippen LogP contribution in [0.5, 0.6) is 0 Å². The molecule has 3 nitrogen and oxygen atoms in total. The molecule has 1 aliphatic heterocycles. The van der Waals surface area contributed by atoms with Crippen LogP contribution in [0.1, 0.15) is 29.5 Å². The third-order valence-electron chi connectivity index (χ3n) is 4.56. The van der Waals surface area contributed by atoms with Crippen LogP contribution in [0, 0.1) is 0 Å². The lowest BCUT2D eigenvalue weighted by molar-refractivity contribution is -0.901. The molecule has 0 saturated carbocycles. The maximum atomic E-state index is 12.0. The van der Waals surface area contributed by atoms with Gasteiger partial charge in [-0.05, 0) is 23.3 Å². The molecule has 3 rings (SSSR count). The topological polar surface area (TPSA) is 33.5 Å². The first-order valence-electron chi connectivity index (χ1n) is 8.61. The SMILES string of the molecule is O=C(Cc1ccc(Br)cc1)NCc1ccc(C[NH+]2CCCC2)cc1. The van der Waals surface area contributed by atoms with E-state index in [-0.39, 0.29) is 5.91 Å². The van der Waals surface area contributed by atoms with Gasteiger partial charge in [0, 0.05) is 29.4 Å². The van der Waals surface area contributed by atoms with Gasteiger partial charge in [-0.3, -0.25) is 4.79 Å². The third kappa shape index (κ3) is 5.18. The Morgan fingerprint density at radius 1 is 0.917 bits per heavy atom. The van der Waals surface area contributed by atoms with Crippen LogP contribution in [0.15, 0.2) is 53.0 Å². The summed E-state index contributed by atoms with van der Waals surface area (Å²) in [6.07, 6.45) is 3.14. The maximum absolute atomic E-state index is 12.0. The van der Waals surface area contributed by atoms with Gasteiger partial charge in [0.25, 0.3) is 0 Å². The zero-order chi connectivity index (χ0) is 16.8. The second kappa shape index (κ2) is 8.45. The smallest absolute Gasteiger partial charge is 0.224 e. The van der Waals surface area contributed by atoms with E-state index in [0.29, 0.717) is 13.0 Å². The first-order valence-corrected chi connectivity index (χ1v) is 9.41. The van der Waals surface area contributed by atoms with Crippen molar-refractivity contribution < 1.29 is 9.69 Å². The van der Waals surface area contributed by atoms with Gasteiger partial charge in [-0.1, -0.05) is 52.3 Å². The number of hydrogen-bond donors (Lipinski definition) is 2. The summed E-state index contributed by atoms with van der Waals surface area (Å²) in [5.74, 6) is 0.0583. The van der Waals surface area contributed by atoms with Gasteiger partial charge in [0.1, 0.15) is 6.54 Å². The number of likely N-dealkylation sites (tertiary alicyclic amines) is 1. The molecular weight excluding hydrogens is 364 g/mol. The van der Waals surface area contributed by atoms with E-state index < -0.39 is 0 Å². The van der Waals surface area contributed by atoms with E-state index in [4.69, 9.17) is 0 Å². The number of hydrogen-bond acceptors (Lipinski definition) is 1. The molecule has 1 amide bonds. The Labute approximate surface area is 152 Å². The molecule has 2 N–H and O–H groups in total. The minimum Gasteiger partial charge on any atom is -0.352 e. The van der Waals surface area contributed by atoms with Crippen LogP contribution in [0.25, 0.3) is 0 Å². The van der Waals surface area contributed by atoms with Gasteiger partial charge < -0.3 is 10.2 Å². The van der Waals surface area contributed by atoms with Crippen LogP contribution >= 0.6 is 15.9 Å². The molecule has 0 radical (unpaired) electrons.